The Balaban J connectivity index is 1.84. The number of piperidine rings is 1. The molecule has 9 nitrogen and oxygen atoms in total. The molecule has 1 saturated heterocycles. The number of thiophene rings is 1. The predicted molar refractivity (Wildman–Crippen MR) is 125 cm³/mol. The molecule has 3 aromatic rings. The zero-order valence-electron chi connectivity index (χ0n) is 17.9. The number of nitrogens with two attached hydrogens (primary N) is 2. The highest BCUT2D eigenvalue weighted by Gasteiger charge is 2.56. The summed E-state index contributed by atoms with van der Waals surface area (Å²) in [6.07, 6.45) is 3.19. The number of nitrogen functional groups attached to an aromatic ring is 1. The molecule has 3 heterocycles. The lowest BCUT2D eigenvalue weighted by atomic mass is 9.82. The van der Waals surface area contributed by atoms with E-state index >= 15 is 0 Å². The van der Waals surface area contributed by atoms with E-state index in [1.807, 2.05) is 24.3 Å². The average molecular weight is 468 g/mol. The van der Waals surface area contributed by atoms with E-state index in [4.69, 9.17) is 11.5 Å². The summed E-state index contributed by atoms with van der Waals surface area (Å²) in [7, 11) is 0. The summed E-state index contributed by atoms with van der Waals surface area (Å²) in [5.41, 5.74) is 10.7. The van der Waals surface area contributed by atoms with Crippen molar-refractivity contribution in [3.63, 3.8) is 0 Å². The van der Waals surface area contributed by atoms with Gasteiger partial charge in [0.25, 0.3) is 11.8 Å². The first-order chi connectivity index (χ1) is 15.9. The summed E-state index contributed by atoms with van der Waals surface area (Å²) in [6.45, 7) is 0.329. The standard InChI is InChI=1S/C23H25N5O4S/c24-19-9-8-14(11-26-19)12-27-22(32)23(21(25)31,28-10-4-3-6-17(28)20(29)30)16-13-33-18-7-2-1-5-15(16)18/h1-2,5,7-9,11,13,17H,3-4,6,10,12H2,(H2,24,26)(H2,25,31)(H,27,32)(H,29,30)/t17-,23+/m1/s1. The quantitative estimate of drug-likeness (QED) is 0.387. The molecule has 33 heavy (non-hydrogen) atoms. The molecule has 0 spiro atoms. The number of carbonyl (C=O) groups excluding carboxylic acids is 2. The van der Waals surface area contributed by atoms with E-state index in [-0.39, 0.29) is 13.1 Å². The number of primary amides is 1. The number of anilines is 1. The number of pyridine rings is 1. The van der Waals surface area contributed by atoms with Crippen LogP contribution in [0.15, 0.2) is 48.0 Å². The summed E-state index contributed by atoms with van der Waals surface area (Å²) in [6, 6.07) is 9.69. The van der Waals surface area contributed by atoms with Crippen LogP contribution in [0, 0.1) is 0 Å². The van der Waals surface area contributed by atoms with E-state index in [2.05, 4.69) is 10.3 Å². The summed E-state index contributed by atoms with van der Waals surface area (Å²) < 4.78 is 0.873. The Morgan fingerprint density at radius 2 is 2.00 bits per heavy atom. The van der Waals surface area contributed by atoms with Gasteiger partial charge in [-0.25, -0.2) is 4.98 Å². The SMILES string of the molecule is NC(=O)[C@](C(=O)NCc1ccc(N)nc1)(c1csc2ccccc12)N1CCCC[C@@H]1C(=O)O. The van der Waals surface area contributed by atoms with Gasteiger partial charge in [-0.1, -0.05) is 30.7 Å². The van der Waals surface area contributed by atoms with Crippen molar-refractivity contribution in [1.82, 2.24) is 15.2 Å². The van der Waals surface area contributed by atoms with Gasteiger partial charge in [-0.15, -0.1) is 11.3 Å². The fourth-order valence-electron chi connectivity index (χ4n) is 4.49. The number of likely N-dealkylation sites (tertiary alicyclic amines) is 1. The molecule has 0 saturated carbocycles. The van der Waals surface area contributed by atoms with Crippen molar-refractivity contribution in [2.45, 2.75) is 37.4 Å². The van der Waals surface area contributed by atoms with Crippen LogP contribution in [0.3, 0.4) is 0 Å². The van der Waals surface area contributed by atoms with Crippen molar-refractivity contribution < 1.29 is 19.5 Å². The summed E-state index contributed by atoms with van der Waals surface area (Å²) in [5.74, 6) is -2.31. The molecule has 0 aliphatic carbocycles. The minimum atomic E-state index is -1.98. The molecule has 0 unspecified atom stereocenters. The molecule has 2 amide bonds. The number of nitrogens with one attached hydrogen (secondary N) is 1. The Hall–Kier alpha value is -3.50. The Bertz CT molecular complexity index is 1200. The van der Waals surface area contributed by atoms with Gasteiger partial charge in [0.05, 0.1) is 0 Å². The number of fused-ring (bicyclic) bond motifs is 1. The Morgan fingerprint density at radius 3 is 2.70 bits per heavy atom. The molecule has 10 heteroatoms. The minimum absolute atomic E-state index is 0.0782. The molecule has 1 aliphatic heterocycles. The first-order valence-corrected chi connectivity index (χ1v) is 11.5. The summed E-state index contributed by atoms with van der Waals surface area (Å²) >= 11 is 1.38. The van der Waals surface area contributed by atoms with E-state index in [0.717, 1.165) is 4.70 Å². The number of carboxylic acids is 1. The maximum absolute atomic E-state index is 13.9. The van der Waals surface area contributed by atoms with E-state index in [0.29, 0.717) is 41.6 Å². The molecule has 6 N–H and O–H groups in total. The second-order valence-corrected chi connectivity index (χ2v) is 8.95. The Morgan fingerprint density at radius 1 is 1.21 bits per heavy atom. The molecular formula is C23H25N5O4S. The van der Waals surface area contributed by atoms with Crippen molar-refractivity contribution in [1.29, 1.82) is 0 Å². The fourth-order valence-corrected chi connectivity index (χ4v) is 5.50. The molecule has 2 atom stereocenters. The lowest BCUT2D eigenvalue weighted by molar-refractivity contribution is -0.158. The summed E-state index contributed by atoms with van der Waals surface area (Å²) in [5, 5.41) is 15.2. The van der Waals surface area contributed by atoms with Gasteiger partial charge >= 0.3 is 5.97 Å². The topological polar surface area (TPSA) is 152 Å². The van der Waals surface area contributed by atoms with Crippen LogP contribution in [-0.4, -0.2) is 45.4 Å². The first-order valence-electron chi connectivity index (χ1n) is 10.6. The number of hydrogen-bond donors (Lipinski definition) is 4. The number of rotatable bonds is 7. The number of aliphatic carboxylic acids is 1. The average Bonchev–Trinajstić information content (AvgIpc) is 3.24. The van der Waals surface area contributed by atoms with Crippen LogP contribution in [0.4, 0.5) is 5.82 Å². The molecule has 2 aromatic heterocycles. The number of amides is 2. The van der Waals surface area contributed by atoms with Gasteiger partial charge in [-0.3, -0.25) is 19.3 Å². The van der Waals surface area contributed by atoms with Crippen molar-refractivity contribution in [2.24, 2.45) is 5.73 Å². The first kappa shape index (κ1) is 22.7. The lowest BCUT2D eigenvalue weighted by Gasteiger charge is -2.45. The van der Waals surface area contributed by atoms with Gasteiger partial charge in [0.15, 0.2) is 0 Å². The maximum atomic E-state index is 13.9. The van der Waals surface area contributed by atoms with Crippen molar-refractivity contribution in [3.05, 3.63) is 59.1 Å². The monoisotopic (exact) mass is 467 g/mol. The van der Waals surface area contributed by atoms with Crippen LogP contribution < -0.4 is 16.8 Å². The Kier molecular flexibility index (Phi) is 6.30. The highest BCUT2D eigenvalue weighted by Crippen LogP contribution is 2.41. The molecule has 1 aliphatic rings. The fraction of sp³-hybridized carbons (Fsp3) is 0.304. The predicted octanol–water partition coefficient (Wildman–Crippen LogP) is 1.81. The number of carboxylic acid groups (broad SMARTS) is 1. The van der Waals surface area contributed by atoms with Crippen LogP contribution in [-0.2, 0) is 26.5 Å². The van der Waals surface area contributed by atoms with Crippen LogP contribution in [0.1, 0.15) is 30.4 Å². The van der Waals surface area contributed by atoms with Gasteiger partial charge < -0.3 is 21.9 Å². The maximum Gasteiger partial charge on any atom is 0.320 e. The van der Waals surface area contributed by atoms with Crippen molar-refractivity contribution in [2.75, 3.05) is 12.3 Å². The number of benzene rings is 1. The zero-order valence-corrected chi connectivity index (χ0v) is 18.7. The van der Waals surface area contributed by atoms with Gasteiger partial charge in [0.1, 0.15) is 11.9 Å². The Labute approximate surface area is 194 Å². The largest absolute Gasteiger partial charge is 0.480 e. The van der Waals surface area contributed by atoms with E-state index in [1.54, 1.807) is 17.5 Å². The third-order valence-corrected chi connectivity index (χ3v) is 7.04. The van der Waals surface area contributed by atoms with Gasteiger partial charge in [0, 0.05) is 29.5 Å². The smallest absolute Gasteiger partial charge is 0.320 e. The number of hydrogen-bond acceptors (Lipinski definition) is 7. The molecule has 1 aromatic carbocycles. The van der Waals surface area contributed by atoms with Crippen LogP contribution >= 0.6 is 11.3 Å². The van der Waals surface area contributed by atoms with E-state index in [9.17, 15) is 19.5 Å². The second-order valence-electron chi connectivity index (χ2n) is 8.04. The molecule has 172 valence electrons. The third-order valence-electron chi connectivity index (χ3n) is 6.08. The highest BCUT2D eigenvalue weighted by atomic mass is 32.1. The lowest BCUT2D eigenvalue weighted by Crippen LogP contribution is -2.67. The van der Waals surface area contributed by atoms with Gasteiger partial charge in [-0.2, -0.15) is 0 Å². The zero-order chi connectivity index (χ0) is 23.6. The van der Waals surface area contributed by atoms with Crippen LogP contribution in [0.25, 0.3) is 10.1 Å². The second kappa shape index (κ2) is 9.16. The third kappa shape index (κ3) is 4.03. The normalized spacial score (nSPS) is 18.5. The van der Waals surface area contributed by atoms with E-state index < -0.39 is 29.4 Å². The van der Waals surface area contributed by atoms with Crippen LogP contribution in [0.5, 0.6) is 0 Å². The molecular weight excluding hydrogens is 442 g/mol. The number of nitrogens with zero attached hydrogens (tertiary/aromatic N) is 2. The number of carbonyl (C=O) groups is 3. The molecule has 0 radical (unpaired) electrons. The minimum Gasteiger partial charge on any atom is -0.480 e. The molecule has 4 rings (SSSR count). The molecule has 0 bridgehead atoms. The van der Waals surface area contributed by atoms with Gasteiger partial charge in [-0.05, 0) is 41.3 Å². The van der Waals surface area contributed by atoms with Crippen LogP contribution in [0.2, 0.25) is 0 Å². The van der Waals surface area contributed by atoms with Gasteiger partial charge in [0.2, 0.25) is 5.54 Å². The van der Waals surface area contributed by atoms with E-state index in [1.165, 1.54) is 22.4 Å². The highest BCUT2D eigenvalue weighted by molar-refractivity contribution is 7.17. The summed E-state index contributed by atoms with van der Waals surface area (Å²) in [4.78, 5) is 44.7. The van der Waals surface area contributed by atoms with Crippen molar-refractivity contribution >= 4 is 45.0 Å². The molecule has 1 fully saturated rings. The van der Waals surface area contributed by atoms with Crippen molar-refractivity contribution in [3.8, 4) is 0 Å². The number of aromatic nitrogens is 1.